The minimum absolute atomic E-state index is 0.452. The molecule has 8 heteroatoms. The largest absolute Gasteiger partial charge is 0.481 e. The van der Waals surface area contributed by atoms with E-state index in [1.165, 1.54) is 6.42 Å². The second-order valence-corrected chi connectivity index (χ2v) is 7.60. The van der Waals surface area contributed by atoms with Crippen LogP contribution in [0, 0.1) is 0 Å². The predicted molar refractivity (Wildman–Crippen MR) is 90.4 cm³/mol. The van der Waals surface area contributed by atoms with Gasteiger partial charge in [0, 0.05) is 0 Å². The molecule has 2 atom stereocenters. The Kier molecular flexibility index (Phi) is 11.7. The molecule has 2 N–H and O–H groups in total. The summed E-state index contributed by atoms with van der Waals surface area (Å²) in [5, 5.41) is 6.62. The molecular weight excluding hydrogens is 336 g/mol. The number of hydrogen-bond acceptors (Lipinski definition) is 5. The Morgan fingerprint density at radius 3 is 2.04 bits per heavy atom. The molecule has 0 spiro atoms. The van der Waals surface area contributed by atoms with Crippen molar-refractivity contribution in [1.29, 1.82) is 0 Å². The molecule has 0 amide bonds. The van der Waals surface area contributed by atoms with Gasteiger partial charge in [-0.1, -0.05) is 52.4 Å². The van der Waals surface area contributed by atoms with E-state index in [4.69, 9.17) is 14.4 Å². The average molecular weight is 366 g/mol. The summed E-state index contributed by atoms with van der Waals surface area (Å²) in [6, 6.07) is 0. The third kappa shape index (κ3) is 10.6. The highest BCUT2D eigenvalue weighted by Gasteiger charge is 2.36. The lowest BCUT2D eigenvalue weighted by Gasteiger charge is -2.20. The lowest BCUT2D eigenvalue weighted by Crippen LogP contribution is -2.36. The molecule has 0 bridgehead atoms. The zero-order chi connectivity index (χ0) is 18.6. The van der Waals surface area contributed by atoms with E-state index in [2.05, 4.69) is 6.92 Å². The molecule has 0 radical (unpaired) electrons. The summed E-state index contributed by atoms with van der Waals surface area (Å²) in [6.45, 7) is 4.05. The molecule has 142 valence electrons. The molecule has 0 saturated carbocycles. The number of rotatable bonds is 14. The van der Waals surface area contributed by atoms with E-state index >= 15 is 0 Å². The number of carboxylic acids is 1. The van der Waals surface area contributed by atoms with Gasteiger partial charge in [-0.3, -0.25) is 14.1 Å². The molecular formula is C16H30O7S. The molecule has 0 aliphatic carbocycles. The maximum Gasteiger partial charge on any atom is 0.327 e. The number of unbranched alkanes of at least 4 members (excludes halogenated alkanes) is 5. The first-order valence-electron chi connectivity index (χ1n) is 8.60. The lowest BCUT2D eigenvalue weighted by molar-refractivity contribution is -0.152. The number of esters is 1. The van der Waals surface area contributed by atoms with Gasteiger partial charge in [0.1, 0.15) is 6.10 Å². The molecule has 24 heavy (non-hydrogen) atoms. The molecule has 0 heterocycles. The van der Waals surface area contributed by atoms with Gasteiger partial charge in [-0.25, -0.2) is 0 Å². The Balaban J connectivity index is 4.55. The summed E-state index contributed by atoms with van der Waals surface area (Å²) in [5.74, 6) is -2.68. The molecule has 7 nitrogen and oxygen atoms in total. The van der Waals surface area contributed by atoms with E-state index in [9.17, 15) is 18.0 Å². The third-order valence-corrected chi connectivity index (χ3v) is 4.83. The highest BCUT2D eigenvalue weighted by atomic mass is 32.2. The second-order valence-electron chi connectivity index (χ2n) is 6.01. The van der Waals surface area contributed by atoms with Crippen molar-refractivity contribution in [2.75, 3.05) is 0 Å². The first-order chi connectivity index (χ1) is 11.2. The van der Waals surface area contributed by atoms with E-state index in [1.807, 2.05) is 6.92 Å². The van der Waals surface area contributed by atoms with Crippen molar-refractivity contribution in [3.8, 4) is 0 Å². The highest BCUT2D eigenvalue weighted by molar-refractivity contribution is 7.87. The van der Waals surface area contributed by atoms with Gasteiger partial charge in [0.15, 0.2) is 5.25 Å². The van der Waals surface area contributed by atoms with Crippen LogP contribution in [0.4, 0.5) is 0 Å². The summed E-state index contributed by atoms with van der Waals surface area (Å²) < 4.78 is 36.6. The van der Waals surface area contributed by atoms with Gasteiger partial charge in [0.25, 0.3) is 10.1 Å². The number of aliphatic carboxylic acids is 1. The van der Waals surface area contributed by atoms with Gasteiger partial charge >= 0.3 is 11.9 Å². The third-order valence-electron chi connectivity index (χ3n) is 3.76. The Morgan fingerprint density at radius 1 is 0.958 bits per heavy atom. The zero-order valence-electron chi connectivity index (χ0n) is 14.6. The minimum Gasteiger partial charge on any atom is -0.481 e. The first-order valence-corrected chi connectivity index (χ1v) is 10.1. The molecule has 0 saturated heterocycles. The van der Waals surface area contributed by atoms with Crippen LogP contribution < -0.4 is 0 Å². The van der Waals surface area contributed by atoms with Gasteiger partial charge in [0.2, 0.25) is 0 Å². The van der Waals surface area contributed by atoms with E-state index in [0.717, 1.165) is 38.5 Å². The fraction of sp³-hybridized carbons (Fsp3) is 0.875. The molecule has 2 unspecified atom stereocenters. The Labute approximate surface area is 144 Å². The SMILES string of the molecule is CCCCCCCCC(CCC)OC(=O)C(CC(=O)O)S(=O)(=O)O. The molecule has 0 aliphatic heterocycles. The van der Waals surface area contributed by atoms with Crippen molar-refractivity contribution in [1.82, 2.24) is 0 Å². The fourth-order valence-corrected chi connectivity index (χ4v) is 3.10. The van der Waals surface area contributed by atoms with Crippen LogP contribution in [0.2, 0.25) is 0 Å². The van der Waals surface area contributed by atoms with Crippen LogP contribution in [0.3, 0.4) is 0 Å². The number of carbonyl (C=O) groups excluding carboxylic acids is 1. The van der Waals surface area contributed by atoms with Crippen LogP contribution in [-0.2, 0) is 24.4 Å². The summed E-state index contributed by atoms with van der Waals surface area (Å²) in [5.41, 5.74) is 0. The molecule has 0 aromatic carbocycles. The van der Waals surface area contributed by atoms with E-state index in [-0.39, 0.29) is 0 Å². The smallest absolute Gasteiger partial charge is 0.327 e. The maximum atomic E-state index is 12.0. The topological polar surface area (TPSA) is 118 Å². The van der Waals surface area contributed by atoms with Crippen molar-refractivity contribution in [3.05, 3.63) is 0 Å². The summed E-state index contributed by atoms with van der Waals surface area (Å²) in [7, 11) is -4.81. The van der Waals surface area contributed by atoms with Gasteiger partial charge < -0.3 is 9.84 Å². The number of carbonyl (C=O) groups is 2. The average Bonchev–Trinajstić information content (AvgIpc) is 2.47. The van der Waals surface area contributed by atoms with Crippen LogP contribution in [0.25, 0.3) is 0 Å². The lowest BCUT2D eigenvalue weighted by atomic mass is 10.0. The van der Waals surface area contributed by atoms with Crippen LogP contribution in [0.1, 0.15) is 78.1 Å². The summed E-state index contributed by atoms with van der Waals surface area (Å²) in [6.07, 6.45) is 6.97. The molecule has 0 aliphatic rings. The molecule has 0 aromatic heterocycles. The first kappa shape index (κ1) is 22.9. The monoisotopic (exact) mass is 366 g/mol. The molecule has 0 rings (SSSR count). The number of hydrogen-bond donors (Lipinski definition) is 2. The van der Waals surface area contributed by atoms with Crippen molar-refractivity contribution in [3.63, 3.8) is 0 Å². The summed E-state index contributed by atoms with van der Waals surface area (Å²) >= 11 is 0. The predicted octanol–water partition coefficient (Wildman–Crippen LogP) is 3.18. The Bertz CT molecular complexity index is 473. The van der Waals surface area contributed by atoms with Crippen LogP contribution in [-0.4, -0.2) is 41.4 Å². The van der Waals surface area contributed by atoms with E-state index < -0.39 is 39.8 Å². The second kappa shape index (κ2) is 12.2. The van der Waals surface area contributed by atoms with Crippen molar-refractivity contribution >= 4 is 22.1 Å². The van der Waals surface area contributed by atoms with Crippen molar-refractivity contribution in [2.24, 2.45) is 0 Å². The Morgan fingerprint density at radius 2 is 1.54 bits per heavy atom. The van der Waals surface area contributed by atoms with Crippen molar-refractivity contribution < 1.29 is 32.4 Å². The van der Waals surface area contributed by atoms with E-state index in [1.54, 1.807) is 0 Å². The normalized spacial score (nSPS) is 14.1. The highest BCUT2D eigenvalue weighted by Crippen LogP contribution is 2.17. The van der Waals surface area contributed by atoms with Gasteiger partial charge in [0.05, 0.1) is 6.42 Å². The number of ether oxygens (including phenoxy) is 1. The van der Waals surface area contributed by atoms with Crippen LogP contribution in [0.15, 0.2) is 0 Å². The summed E-state index contributed by atoms with van der Waals surface area (Å²) in [4.78, 5) is 22.6. The standard InChI is InChI=1S/C16H30O7S/c1-3-5-6-7-8-9-11-13(10-4-2)23-16(19)14(12-15(17)18)24(20,21)22/h13-14H,3-12H2,1-2H3,(H,17,18)(H,20,21,22). The fourth-order valence-electron chi connectivity index (χ4n) is 2.45. The maximum absolute atomic E-state index is 12.0. The van der Waals surface area contributed by atoms with Gasteiger partial charge in [-0.05, 0) is 19.3 Å². The van der Waals surface area contributed by atoms with Crippen molar-refractivity contribution in [2.45, 2.75) is 89.4 Å². The quantitative estimate of drug-likeness (QED) is 0.275. The van der Waals surface area contributed by atoms with Gasteiger partial charge in [-0.15, -0.1) is 0 Å². The van der Waals surface area contributed by atoms with Crippen LogP contribution >= 0.6 is 0 Å². The molecule has 0 fully saturated rings. The minimum atomic E-state index is -4.81. The van der Waals surface area contributed by atoms with Crippen LogP contribution in [0.5, 0.6) is 0 Å². The van der Waals surface area contributed by atoms with E-state index in [0.29, 0.717) is 12.8 Å². The number of carboxylic acid groups (broad SMARTS) is 1. The molecule has 0 aromatic rings. The van der Waals surface area contributed by atoms with Gasteiger partial charge in [-0.2, -0.15) is 8.42 Å². The Hall–Kier alpha value is -1.15. The zero-order valence-corrected chi connectivity index (χ0v) is 15.4.